The second kappa shape index (κ2) is 6.35. The molecule has 1 atom stereocenters. The first-order valence-electron chi connectivity index (χ1n) is 8.25. The third-order valence-electron chi connectivity index (χ3n) is 4.30. The van der Waals surface area contributed by atoms with Crippen LogP contribution in [0.25, 0.3) is 27.9 Å². The van der Waals surface area contributed by atoms with Gasteiger partial charge in [-0.3, -0.25) is 4.40 Å². The molecule has 0 aliphatic heterocycles. The molecule has 3 aromatic heterocycles. The number of para-hydroxylation sites is 1. The Morgan fingerprint density at radius 3 is 2.64 bits per heavy atom. The van der Waals surface area contributed by atoms with E-state index >= 15 is 0 Å². The number of alkyl halides is 3. The smallest absolute Gasteiger partial charge is 0.290 e. The van der Waals surface area contributed by atoms with Gasteiger partial charge in [-0.1, -0.05) is 22.4 Å². The molecule has 0 radical (unpaired) electrons. The molecule has 1 unspecified atom stereocenters. The first-order valence-corrected chi connectivity index (χ1v) is 9.94. The third-order valence-corrected chi connectivity index (χ3v) is 6.09. The average molecular weight is 407 g/mol. The number of aromatic nitrogens is 4. The summed E-state index contributed by atoms with van der Waals surface area (Å²) in [6.07, 6.45) is -2.15. The molecular formula is C18H14F3N4O2S+. The standard InChI is InChI=1S/C18H13F3N4O2S/c1-2-28(26,27)14-7-11-5-3-4-6-12(11)24-17(14)13-9-25-10-22-15(18(19,20)21)8-16(25)23-13/h3-10H,2H2,1H3/p+1. The maximum atomic E-state index is 12.9. The fraction of sp³-hybridized carbons (Fsp3) is 0.167. The minimum Gasteiger partial charge on any atom is -0.290 e. The number of benzene rings is 1. The van der Waals surface area contributed by atoms with Crippen LogP contribution in [0.4, 0.5) is 13.2 Å². The summed E-state index contributed by atoms with van der Waals surface area (Å²) in [5.41, 5.74) is -0.122. The highest BCUT2D eigenvalue weighted by molar-refractivity contribution is 7.97. The lowest BCUT2D eigenvalue weighted by Gasteiger charge is -2.08. The number of imidazole rings is 1. The van der Waals surface area contributed by atoms with Gasteiger partial charge >= 0.3 is 6.18 Å². The van der Waals surface area contributed by atoms with Crippen molar-refractivity contribution in [3.05, 3.63) is 54.6 Å². The summed E-state index contributed by atoms with van der Waals surface area (Å²) in [4.78, 5) is 12.2. The summed E-state index contributed by atoms with van der Waals surface area (Å²) in [5, 5.41) is 0.682. The number of fused-ring (bicyclic) bond motifs is 2. The van der Waals surface area contributed by atoms with Crippen molar-refractivity contribution in [3.63, 3.8) is 0 Å². The molecule has 6 nitrogen and oxygen atoms in total. The van der Waals surface area contributed by atoms with Crippen molar-refractivity contribution in [3.8, 4) is 11.4 Å². The van der Waals surface area contributed by atoms with Gasteiger partial charge in [-0.15, -0.1) is 0 Å². The van der Waals surface area contributed by atoms with E-state index < -0.39 is 22.1 Å². The molecule has 0 saturated carbocycles. The van der Waals surface area contributed by atoms with Crippen LogP contribution in [0.1, 0.15) is 12.6 Å². The van der Waals surface area contributed by atoms with E-state index in [2.05, 4.69) is 15.0 Å². The van der Waals surface area contributed by atoms with Crippen LogP contribution in [0.15, 0.2) is 53.8 Å². The molecule has 0 saturated heterocycles. The van der Waals surface area contributed by atoms with E-state index in [-0.39, 0.29) is 27.7 Å². The van der Waals surface area contributed by atoms with E-state index in [0.29, 0.717) is 10.9 Å². The Kier molecular flexibility index (Phi) is 4.20. The number of hydrogen-bond acceptors (Lipinski definition) is 4. The predicted molar refractivity (Wildman–Crippen MR) is 98.2 cm³/mol. The normalized spacial score (nSPS) is 14.5. The molecule has 0 bridgehead atoms. The largest absolute Gasteiger partial charge is 0.433 e. The van der Waals surface area contributed by atoms with Gasteiger partial charge in [0, 0.05) is 23.7 Å². The second-order valence-electron chi connectivity index (χ2n) is 6.12. The molecular weight excluding hydrogens is 393 g/mol. The van der Waals surface area contributed by atoms with Crippen molar-refractivity contribution in [2.24, 2.45) is 0 Å². The van der Waals surface area contributed by atoms with Crippen molar-refractivity contribution in [1.82, 2.24) is 19.4 Å². The Bertz CT molecular complexity index is 1250. The number of pyridine rings is 1. The quantitative estimate of drug-likeness (QED) is 0.512. The van der Waals surface area contributed by atoms with Crippen LogP contribution >= 0.6 is 0 Å². The average Bonchev–Trinajstić information content (AvgIpc) is 3.09. The molecule has 4 aromatic rings. The van der Waals surface area contributed by atoms with E-state index in [9.17, 15) is 21.9 Å². The molecule has 0 spiro atoms. The lowest BCUT2D eigenvalue weighted by Crippen LogP contribution is -2.14. The minimum atomic E-state index is -4.60. The maximum Gasteiger partial charge on any atom is 0.433 e. The Labute approximate surface area is 158 Å². The number of halogens is 3. The lowest BCUT2D eigenvalue weighted by molar-refractivity contribution is -0.141. The summed E-state index contributed by atoms with van der Waals surface area (Å²) in [6.45, 7) is 1.57. The highest BCUT2D eigenvalue weighted by Crippen LogP contribution is 2.33. The molecule has 0 aliphatic carbocycles. The zero-order valence-corrected chi connectivity index (χ0v) is 15.3. The van der Waals surface area contributed by atoms with Gasteiger partial charge in [0.25, 0.3) is 0 Å². The van der Waals surface area contributed by atoms with Gasteiger partial charge in [-0.2, -0.15) is 17.7 Å². The van der Waals surface area contributed by atoms with Crippen LogP contribution in [0, 0.1) is 0 Å². The molecule has 0 fully saturated rings. The zero-order valence-electron chi connectivity index (χ0n) is 14.5. The predicted octanol–water partition coefficient (Wildman–Crippen LogP) is 4.31. The Hall–Kier alpha value is -2.85. The first kappa shape index (κ1) is 18.5. The topological polar surface area (TPSA) is 80.4 Å². The summed E-state index contributed by atoms with van der Waals surface area (Å²) >= 11 is 0. The van der Waals surface area contributed by atoms with Gasteiger partial charge in [0.2, 0.25) is 15.1 Å². The molecule has 28 heavy (non-hydrogen) atoms. The number of nitrogens with zero attached hydrogens (tertiary/aromatic N) is 4. The van der Waals surface area contributed by atoms with Gasteiger partial charge < -0.3 is 0 Å². The van der Waals surface area contributed by atoms with Crippen molar-refractivity contribution < 1.29 is 21.9 Å². The Balaban J connectivity index is 1.97. The monoisotopic (exact) mass is 407 g/mol. The molecule has 144 valence electrons. The fourth-order valence-electron chi connectivity index (χ4n) is 2.84. The first-order chi connectivity index (χ1) is 13.2. The molecule has 1 aromatic carbocycles. The van der Waals surface area contributed by atoms with Gasteiger partial charge in [0.15, 0.2) is 0 Å². The van der Waals surface area contributed by atoms with Crippen LogP contribution in [-0.2, 0) is 20.6 Å². The molecule has 0 amide bonds. The maximum absolute atomic E-state index is 12.9. The summed E-state index contributed by atoms with van der Waals surface area (Å²) in [7, 11) is -3.39. The molecule has 1 N–H and O–H groups in total. The Morgan fingerprint density at radius 2 is 1.93 bits per heavy atom. The van der Waals surface area contributed by atoms with E-state index in [1.54, 1.807) is 37.3 Å². The molecule has 3 heterocycles. The van der Waals surface area contributed by atoms with E-state index in [4.69, 9.17) is 0 Å². The lowest BCUT2D eigenvalue weighted by atomic mass is 10.2. The Morgan fingerprint density at radius 1 is 1.18 bits per heavy atom. The van der Waals surface area contributed by atoms with Gasteiger partial charge in [-0.05, 0) is 13.0 Å². The molecule has 0 aliphatic rings. The highest BCUT2D eigenvalue weighted by atomic mass is 32.3. The van der Waals surface area contributed by atoms with Gasteiger partial charge in [-0.25, -0.2) is 15.0 Å². The number of hydrogen-bond donors (Lipinski definition) is 1. The minimum absolute atomic E-state index is 0.0131. The van der Waals surface area contributed by atoms with Crippen molar-refractivity contribution in [2.45, 2.75) is 18.0 Å². The van der Waals surface area contributed by atoms with Crippen LogP contribution in [-0.4, -0.2) is 29.7 Å². The van der Waals surface area contributed by atoms with Crippen LogP contribution in [0.5, 0.6) is 0 Å². The zero-order chi connectivity index (χ0) is 20.1. The summed E-state index contributed by atoms with van der Waals surface area (Å²) in [5.74, 6) is -0.0346. The van der Waals surface area contributed by atoms with Crippen molar-refractivity contribution in [2.75, 3.05) is 5.75 Å². The van der Waals surface area contributed by atoms with E-state index in [0.717, 1.165) is 12.4 Å². The second-order valence-corrected chi connectivity index (χ2v) is 8.42. The van der Waals surface area contributed by atoms with Crippen LogP contribution < -0.4 is 0 Å². The summed E-state index contributed by atoms with van der Waals surface area (Å²) in [6, 6.07) is 9.47. The van der Waals surface area contributed by atoms with Gasteiger partial charge in [0.1, 0.15) is 34.8 Å². The van der Waals surface area contributed by atoms with E-state index in [1.165, 1.54) is 10.6 Å². The summed E-state index contributed by atoms with van der Waals surface area (Å²) < 4.78 is 63.2. The highest BCUT2D eigenvalue weighted by Gasteiger charge is 2.34. The van der Waals surface area contributed by atoms with Crippen LogP contribution in [0.3, 0.4) is 0 Å². The van der Waals surface area contributed by atoms with Gasteiger partial charge in [0.05, 0.1) is 5.52 Å². The SMILES string of the molecule is CC[S+](=O)(O)c1cc2ccccc2nc1-c1cn2cnc(C(F)(F)F)cc2n1. The van der Waals surface area contributed by atoms with Crippen molar-refractivity contribution >= 4 is 26.8 Å². The van der Waals surface area contributed by atoms with Crippen LogP contribution in [0.2, 0.25) is 0 Å². The molecule has 4 rings (SSSR count). The van der Waals surface area contributed by atoms with E-state index in [1.807, 2.05) is 0 Å². The molecule has 10 heteroatoms. The third kappa shape index (κ3) is 3.14. The fourth-order valence-corrected chi connectivity index (χ4v) is 3.91. The number of rotatable bonds is 3. The van der Waals surface area contributed by atoms with Crippen molar-refractivity contribution in [1.29, 1.82) is 0 Å².